The second kappa shape index (κ2) is 12.1. The van der Waals surface area contributed by atoms with Crippen LogP contribution in [0.1, 0.15) is 52.7 Å². The quantitative estimate of drug-likeness (QED) is 0.132. The zero-order valence-electron chi connectivity index (χ0n) is 27.0. The van der Waals surface area contributed by atoms with Gasteiger partial charge in [-0.1, -0.05) is 114 Å². The van der Waals surface area contributed by atoms with Crippen LogP contribution in [-0.2, 0) is 33.2 Å². The predicted octanol–water partition coefficient (Wildman–Crippen LogP) is 10.6. The van der Waals surface area contributed by atoms with Crippen LogP contribution in [0.4, 0.5) is 0 Å². The first-order valence-corrected chi connectivity index (χ1v) is 15.5. The first-order valence-electron chi connectivity index (χ1n) is 15.5. The molecule has 0 amide bonds. The Morgan fingerprint density at radius 1 is 0.609 bits per heavy atom. The van der Waals surface area contributed by atoms with Crippen molar-refractivity contribution >= 4 is 21.8 Å². The monoisotopic (exact) mass is 779 g/mol. The minimum Gasteiger partial charge on any atom is -0.656 e. The summed E-state index contributed by atoms with van der Waals surface area (Å²) in [6, 6.07) is 41.5. The zero-order valence-corrected chi connectivity index (χ0v) is 29.2. The molecule has 0 spiro atoms. The van der Waals surface area contributed by atoms with Gasteiger partial charge in [-0.25, -0.2) is 5.56 Å². The first kappa shape index (κ1) is 31.7. The summed E-state index contributed by atoms with van der Waals surface area (Å²) in [5.74, 6) is 0. The summed E-state index contributed by atoms with van der Waals surface area (Å²) < 4.78 is 0. The molecule has 0 saturated heterocycles. The molecule has 2 heterocycles. The Labute approximate surface area is 287 Å². The van der Waals surface area contributed by atoms with E-state index < -0.39 is 0 Å². The Bertz CT molecular complexity index is 2080. The average molecular weight is 780 g/mol. The van der Waals surface area contributed by atoms with Crippen LogP contribution >= 0.6 is 0 Å². The molecule has 0 aliphatic heterocycles. The van der Waals surface area contributed by atoms with Crippen LogP contribution in [0.15, 0.2) is 109 Å². The van der Waals surface area contributed by atoms with Gasteiger partial charge in [0.05, 0.1) is 11.9 Å². The third-order valence-electron chi connectivity index (χ3n) is 8.57. The maximum atomic E-state index is 5.15. The molecule has 0 aliphatic rings. The van der Waals surface area contributed by atoms with E-state index in [9.17, 15) is 0 Å². The summed E-state index contributed by atoms with van der Waals surface area (Å²) in [5.41, 5.74) is 12.3. The number of aromatic nitrogens is 3. The number of benzene rings is 5. The number of nitrogens with zero attached hydrogens (tertiary/aromatic N) is 3. The normalized spacial score (nSPS) is 12.0. The molecule has 0 N–H and O–H groups in total. The summed E-state index contributed by atoms with van der Waals surface area (Å²) in [5, 5.41) is 2.27. The van der Waals surface area contributed by atoms with Crippen molar-refractivity contribution < 1.29 is 22.4 Å². The van der Waals surface area contributed by atoms with Crippen molar-refractivity contribution in [2.45, 2.75) is 52.4 Å². The SMILES string of the molecule is CC(C)(C)c1c[c-]c(-c2[c-]c(-c3cncc(-c4cccc5c4[n-]c4ccccc45)n3)cc(-c3ccc(C(C)(C)C)cc3)c2)cc1.[Au+3]. The molecule has 0 fully saturated rings. The Hall–Kier alpha value is -4.28. The number of hydrogen-bond acceptors (Lipinski definition) is 2. The van der Waals surface area contributed by atoms with Gasteiger partial charge in [0.25, 0.3) is 0 Å². The van der Waals surface area contributed by atoms with Crippen molar-refractivity contribution in [2.75, 3.05) is 0 Å². The van der Waals surface area contributed by atoms with Crippen molar-refractivity contribution in [1.29, 1.82) is 0 Å². The molecule has 46 heavy (non-hydrogen) atoms. The molecule has 5 aromatic carbocycles. The third-order valence-corrected chi connectivity index (χ3v) is 8.57. The van der Waals surface area contributed by atoms with E-state index in [4.69, 9.17) is 9.97 Å². The van der Waals surface area contributed by atoms with Gasteiger partial charge in [0.15, 0.2) is 0 Å². The summed E-state index contributed by atoms with van der Waals surface area (Å²) >= 11 is 0. The van der Waals surface area contributed by atoms with Gasteiger partial charge < -0.3 is 4.98 Å². The van der Waals surface area contributed by atoms with E-state index in [1.54, 1.807) is 0 Å². The zero-order chi connectivity index (χ0) is 31.3. The maximum Gasteiger partial charge on any atom is 3.00 e. The summed E-state index contributed by atoms with van der Waals surface area (Å²) in [7, 11) is 0. The largest absolute Gasteiger partial charge is 3.00 e. The molecule has 4 heteroatoms. The molecule has 2 aromatic heterocycles. The van der Waals surface area contributed by atoms with Gasteiger partial charge in [-0.3, -0.25) is 9.97 Å². The van der Waals surface area contributed by atoms with E-state index in [1.807, 2.05) is 18.5 Å². The summed E-state index contributed by atoms with van der Waals surface area (Å²) in [4.78, 5) is 14.8. The molecule has 3 nitrogen and oxygen atoms in total. The fourth-order valence-corrected chi connectivity index (χ4v) is 5.87. The van der Waals surface area contributed by atoms with Gasteiger partial charge in [0.2, 0.25) is 0 Å². The van der Waals surface area contributed by atoms with Crippen molar-refractivity contribution in [3.63, 3.8) is 0 Å². The minimum atomic E-state index is 0. The minimum absolute atomic E-state index is 0. The predicted molar refractivity (Wildman–Crippen MR) is 187 cm³/mol. The van der Waals surface area contributed by atoms with Crippen LogP contribution in [0, 0.1) is 12.1 Å². The third kappa shape index (κ3) is 6.11. The van der Waals surface area contributed by atoms with E-state index >= 15 is 0 Å². The number of hydrogen-bond donors (Lipinski definition) is 0. The van der Waals surface area contributed by atoms with Crippen LogP contribution in [0.3, 0.4) is 0 Å². The smallest absolute Gasteiger partial charge is 0.656 e. The van der Waals surface area contributed by atoms with Crippen LogP contribution in [-0.4, -0.2) is 9.97 Å². The van der Waals surface area contributed by atoms with Crippen LogP contribution in [0.25, 0.3) is 66.6 Å². The molecule has 7 rings (SSSR count). The maximum absolute atomic E-state index is 5.15. The second-order valence-electron chi connectivity index (χ2n) is 13.9. The number of rotatable bonds is 4. The van der Waals surface area contributed by atoms with Crippen LogP contribution < -0.4 is 4.98 Å². The molecule has 0 atom stereocenters. The number of fused-ring (bicyclic) bond motifs is 3. The van der Waals surface area contributed by atoms with Crippen molar-refractivity contribution in [3.8, 4) is 44.8 Å². The summed E-state index contributed by atoms with van der Waals surface area (Å²) in [6.45, 7) is 13.4. The molecule has 0 saturated carbocycles. The second-order valence-corrected chi connectivity index (χ2v) is 13.9. The fraction of sp³-hybridized carbons (Fsp3) is 0.190. The molecule has 7 aromatic rings. The fourth-order valence-electron chi connectivity index (χ4n) is 5.87. The van der Waals surface area contributed by atoms with Crippen molar-refractivity contribution in [3.05, 3.63) is 133 Å². The van der Waals surface area contributed by atoms with E-state index in [0.717, 1.165) is 66.6 Å². The molecule has 0 radical (unpaired) electrons. The van der Waals surface area contributed by atoms with E-state index in [1.165, 1.54) is 11.1 Å². The number of para-hydroxylation sites is 2. The Morgan fingerprint density at radius 2 is 1.28 bits per heavy atom. The topological polar surface area (TPSA) is 39.9 Å². The molecular formula is C42H36AuN3. The van der Waals surface area contributed by atoms with E-state index in [2.05, 4.69) is 150 Å². The molecule has 0 unspecified atom stereocenters. The standard InChI is InChI=1S/C42H36N3.Au/c1-41(2,3)32-18-14-27(15-19-32)29-22-30(28-16-20-33(21-17-28)42(4,5)6)24-31(23-29)38-25-43-26-39(44-38)36-12-9-11-35-34-10-7-8-13-37(34)45-40(35)36;/h7-16,18-23,25-26H,1-6H3;/q-3;+3. The van der Waals surface area contributed by atoms with Crippen molar-refractivity contribution in [1.82, 2.24) is 15.0 Å². The van der Waals surface area contributed by atoms with Gasteiger partial charge in [0.1, 0.15) is 0 Å². The van der Waals surface area contributed by atoms with Crippen LogP contribution in [0.2, 0.25) is 0 Å². The van der Waals surface area contributed by atoms with E-state index in [-0.39, 0.29) is 33.2 Å². The summed E-state index contributed by atoms with van der Waals surface area (Å²) in [6.07, 6.45) is 3.65. The van der Waals surface area contributed by atoms with Gasteiger partial charge in [-0.05, 0) is 38.3 Å². The van der Waals surface area contributed by atoms with Gasteiger partial charge in [-0.2, -0.15) is 35.9 Å². The molecular weight excluding hydrogens is 743 g/mol. The van der Waals surface area contributed by atoms with Crippen LogP contribution in [0.5, 0.6) is 0 Å². The Kier molecular flexibility index (Phi) is 8.37. The van der Waals surface area contributed by atoms with E-state index in [0.29, 0.717) is 0 Å². The molecule has 0 bridgehead atoms. The Balaban J connectivity index is 0.00000372. The van der Waals surface area contributed by atoms with Gasteiger partial charge in [-0.15, -0.1) is 34.3 Å². The average Bonchev–Trinajstić information content (AvgIpc) is 3.43. The van der Waals surface area contributed by atoms with Gasteiger partial charge in [0, 0.05) is 11.9 Å². The molecule has 0 aliphatic carbocycles. The molecule has 230 valence electrons. The Morgan fingerprint density at radius 3 is 2.00 bits per heavy atom. The first-order chi connectivity index (χ1) is 21.5. The van der Waals surface area contributed by atoms with Gasteiger partial charge >= 0.3 is 22.4 Å². The van der Waals surface area contributed by atoms with Crippen molar-refractivity contribution in [2.24, 2.45) is 0 Å².